The molecule has 0 aromatic heterocycles. The molecule has 0 aliphatic carbocycles. The van der Waals surface area contributed by atoms with Gasteiger partial charge in [0.2, 0.25) is 11.8 Å². The Labute approximate surface area is 261 Å². The smallest absolute Gasteiger partial charge is 0.264 e. The van der Waals surface area contributed by atoms with Crippen LogP contribution in [0.15, 0.2) is 71.6 Å². The zero-order valence-corrected chi connectivity index (χ0v) is 26.6. The first-order chi connectivity index (χ1) is 19.4. The molecule has 12 heteroatoms. The summed E-state index contributed by atoms with van der Waals surface area (Å²) in [5.41, 5.74) is 0.489. The van der Waals surface area contributed by atoms with Crippen LogP contribution in [0.4, 0.5) is 5.69 Å². The Morgan fingerprint density at radius 3 is 2.07 bits per heavy atom. The van der Waals surface area contributed by atoms with E-state index in [2.05, 4.69) is 5.32 Å². The van der Waals surface area contributed by atoms with Crippen molar-refractivity contribution in [1.29, 1.82) is 0 Å². The van der Waals surface area contributed by atoms with Gasteiger partial charge in [-0.25, -0.2) is 8.42 Å². The van der Waals surface area contributed by atoms with Crippen LogP contribution in [0.5, 0.6) is 0 Å². The monoisotopic (exact) mass is 657 g/mol. The van der Waals surface area contributed by atoms with Crippen LogP contribution in [0.1, 0.15) is 32.8 Å². The molecule has 0 bridgehead atoms. The maximum Gasteiger partial charge on any atom is 0.264 e. The average molecular weight is 659 g/mol. The molecule has 1 N–H and O–H groups in total. The summed E-state index contributed by atoms with van der Waals surface area (Å²) in [4.78, 5) is 28.7. The number of rotatable bonds is 12. The van der Waals surface area contributed by atoms with Crippen LogP contribution in [0.2, 0.25) is 20.1 Å². The molecule has 220 valence electrons. The van der Waals surface area contributed by atoms with Crippen molar-refractivity contribution in [2.45, 2.75) is 44.7 Å². The lowest BCUT2D eigenvalue weighted by Crippen LogP contribution is -2.52. The Kier molecular flexibility index (Phi) is 11.8. The van der Waals surface area contributed by atoms with Gasteiger partial charge in [-0.15, -0.1) is 0 Å². The Morgan fingerprint density at radius 1 is 0.878 bits per heavy atom. The van der Waals surface area contributed by atoms with Crippen LogP contribution in [-0.4, -0.2) is 44.3 Å². The third-order valence-electron chi connectivity index (χ3n) is 6.25. The lowest BCUT2D eigenvalue weighted by molar-refractivity contribution is -0.140. The number of carbonyl (C=O) groups excluding carboxylic acids is 2. The minimum Gasteiger partial charge on any atom is -0.354 e. The second kappa shape index (κ2) is 14.6. The molecule has 0 aliphatic rings. The number of carbonyl (C=O) groups is 2. The molecular weight excluding hydrogens is 628 g/mol. The number of hydrogen-bond donors (Lipinski definition) is 1. The van der Waals surface area contributed by atoms with E-state index in [9.17, 15) is 18.0 Å². The van der Waals surface area contributed by atoms with Gasteiger partial charge in [-0.1, -0.05) is 91.4 Å². The van der Waals surface area contributed by atoms with E-state index in [-0.39, 0.29) is 40.4 Å². The first-order valence-corrected chi connectivity index (χ1v) is 15.8. The molecule has 0 unspecified atom stereocenters. The van der Waals surface area contributed by atoms with Gasteiger partial charge in [0.05, 0.1) is 15.6 Å². The van der Waals surface area contributed by atoms with Crippen molar-refractivity contribution in [1.82, 2.24) is 10.2 Å². The van der Waals surface area contributed by atoms with Gasteiger partial charge in [-0.05, 0) is 54.8 Å². The number of sulfonamides is 1. The van der Waals surface area contributed by atoms with E-state index >= 15 is 0 Å². The number of hydrogen-bond acceptors (Lipinski definition) is 4. The third kappa shape index (κ3) is 8.30. The highest BCUT2D eigenvalue weighted by Crippen LogP contribution is 2.33. The molecule has 0 saturated heterocycles. The molecule has 41 heavy (non-hydrogen) atoms. The second-order valence-electron chi connectivity index (χ2n) is 9.71. The third-order valence-corrected chi connectivity index (χ3v) is 9.27. The molecule has 7 nitrogen and oxygen atoms in total. The number of benzene rings is 3. The zero-order valence-electron chi connectivity index (χ0n) is 22.8. The minimum atomic E-state index is -4.28. The molecule has 0 saturated carbocycles. The topological polar surface area (TPSA) is 86.8 Å². The summed E-state index contributed by atoms with van der Waals surface area (Å²) in [5, 5.41) is 3.82. The number of nitrogens with zero attached hydrogens (tertiary/aromatic N) is 2. The Morgan fingerprint density at radius 2 is 1.51 bits per heavy atom. The van der Waals surface area contributed by atoms with Crippen LogP contribution in [0.3, 0.4) is 0 Å². The van der Waals surface area contributed by atoms with Crippen molar-refractivity contribution < 1.29 is 18.0 Å². The summed E-state index contributed by atoms with van der Waals surface area (Å²) in [6.07, 6.45) is 0.255. The summed E-state index contributed by atoms with van der Waals surface area (Å²) >= 11 is 25.4. The van der Waals surface area contributed by atoms with Crippen LogP contribution >= 0.6 is 46.4 Å². The van der Waals surface area contributed by atoms with Gasteiger partial charge >= 0.3 is 0 Å². The van der Waals surface area contributed by atoms with E-state index in [4.69, 9.17) is 46.4 Å². The van der Waals surface area contributed by atoms with Gasteiger partial charge in [0.1, 0.15) is 12.6 Å². The lowest BCUT2D eigenvalue weighted by Gasteiger charge is -2.34. The maximum atomic E-state index is 14.1. The molecule has 1 atom stereocenters. The SMILES string of the molecule is CC[C@@H](C(=O)NCC(C)C)N(Cc1c(Cl)cccc1Cl)C(=O)CN(c1ccc(Cl)cc1Cl)S(=O)(=O)c1ccccc1. The molecule has 3 aromatic rings. The average Bonchev–Trinajstić information content (AvgIpc) is 2.92. The van der Waals surface area contributed by atoms with Crippen molar-refractivity contribution in [3.05, 3.63) is 92.4 Å². The van der Waals surface area contributed by atoms with Crippen molar-refractivity contribution in [3.63, 3.8) is 0 Å². The largest absolute Gasteiger partial charge is 0.354 e. The molecule has 0 aliphatic heterocycles. The van der Waals surface area contributed by atoms with E-state index in [1.54, 1.807) is 43.3 Å². The molecule has 0 fully saturated rings. The molecule has 0 heterocycles. The highest BCUT2D eigenvalue weighted by atomic mass is 35.5. The Hall–Kier alpha value is -2.49. The van der Waals surface area contributed by atoms with Crippen molar-refractivity contribution in [2.75, 3.05) is 17.4 Å². The van der Waals surface area contributed by atoms with Gasteiger partial charge in [0, 0.05) is 33.7 Å². The van der Waals surface area contributed by atoms with Gasteiger partial charge < -0.3 is 10.2 Å². The van der Waals surface area contributed by atoms with Gasteiger partial charge in [-0.3, -0.25) is 13.9 Å². The van der Waals surface area contributed by atoms with Crippen LogP contribution in [0, 0.1) is 5.92 Å². The fraction of sp³-hybridized carbons (Fsp3) is 0.310. The lowest BCUT2D eigenvalue weighted by atomic mass is 10.1. The number of anilines is 1. The van der Waals surface area contributed by atoms with E-state index in [0.717, 1.165) is 4.31 Å². The quantitative estimate of drug-likeness (QED) is 0.225. The summed E-state index contributed by atoms with van der Waals surface area (Å²) in [6, 6.07) is 16.0. The number of amides is 2. The van der Waals surface area contributed by atoms with Crippen LogP contribution in [-0.2, 0) is 26.2 Å². The predicted molar refractivity (Wildman–Crippen MR) is 166 cm³/mol. The fourth-order valence-corrected chi connectivity index (χ4v) is 6.64. The molecule has 2 amide bonds. The molecular formula is C29H31Cl4N3O4S. The van der Waals surface area contributed by atoms with Crippen molar-refractivity contribution >= 4 is 73.9 Å². The van der Waals surface area contributed by atoms with Gasteiger partial charge in [0.15, 0.2) is 0 Å². The Balaban J connectivity index is 2.11. The number of nitrogens with one attached hydrogen (secondary N) is 1. The predicted octanol–water partition coefficient (Wildman–Crippen LogP) is 7.08. The molecule has 0 spiro atoms. The Bertz CT molecular complexity index is 1470. The molecule has 3 rings (SSSR count). The van der Waals surface area contributed by atoms with E-state index in [1.807, 2.05) is 13.8 Å². The van der Waals surface area contributed by atoms with Crippen LogP contribution < -0.4 is 9.62 Å². The minimum absolute atomic E-state index is 0.0345. The maximum absolute atomic E-state index is 14.1. The highest BCUT2D eigenvalue weighted by molar-refractivity contribution is 7.92. The van der Waals surface area contributed by atoms with E-state index < -0.39 is 28.5 Å². The number of halogens is 4. The van der Waals surface area contributed by atoms with Crippen LogP contribution in [0.25, 0.3) is 0 Å². The fourth-order valence-electron chi connectivity index (χ4n) is 4.11. The first-order valence-electron chi connectivity index (χ1n) is 12.9. The molecule has 0 radical (unpaired) electrons. The first kappa shape index (κ1) is 33.0. The summed E-state index contributed by atoms with van der Waals surface area (Å²) in [7, 11) is -4.28. The van der Waals surface area contributed by atoms with Gasteiger partial charge in [0.25, 0.3) is 10.0 Å². The van der Waals surface area contributed by atoms with E-state index in [0.29, 0.717) is 27.2 Å². The normalized spacial score (nSPS) is 12.2. The van der Waals surface area contributed by atoms with Gasteiger partial charge in [-0.2, -0.15) is 0 Å². The summed E-state index contributed by atoms with van der Waals surface area (Å²) in [6.45, 7) is 5.29. The van der Waals surface area contributed by atoms with E-state index in [1.165, 1.54) is 35.2 Å². The zero-order chi connectivity index (χ0) is 30.3. The molecule has 3 aromatic carbocycles. The standard InChI is InChI=1S/C29H31Cl4N3O4S/c1-4-26(29(38)34-16-19(2)3)35(17-22-23(31)11-8-12-24(22)32)28(37)18-36(27-14-13-20(30)15-25(27)33)41(39,40)21-9-6-5-7-10-21/h5-15,19,26H,4,16-18H2,1-3H3,(H,34,38)/t26-/m0/s1. The van der Waals surface area contributed by atoms with Crippen molar-refractivity contribution in [3.8, 4) is 0 Å². The summed E-state index contributed by atoms with van der Waals surface area (Å²) < 4.78 is 28.7. The second-order valence-corrected chi connectivity index (χ2v) is 13.2. The van der Waals surface area contributed by atoms with Crippen molar-refractivity contribution in [2.24, 2.45) is 5.92 Å². The highest BCUT2D eigenvalue weighted by Gasteiger charge is 2.35. The summed E-state index contributed by atoms with van der Waals surface area (Å²) in [5.74, 6) is -0.852.